The van der Waals surface area contributed by atoms with Crippen LogP contribution in [0.1, 0.15) is 55.5 Å². The molecule has 212 valence electrons. The molecule has 0 radical (unpaired) electrons. The molecule has 2 saturated carbocycles. The molecule has 3 aromatic rings. The Bertz CT molecular complexity index is 1520. The second-order valence-corrected chi connectivity index (χ2v) is 11.4. The Balaban J connectivity index is 1.59. The second kappa shape index (κ2) is 11.6. The first kappa shape index (κ1) is 28.1. The van der Waals surface area contributed by atoms with Gasteiger partial charge >= 0.3 is 12.0 Å². The first-order valence-corrected chi connectivity index (χ1v) is 13.8. The summed E-state index contributed by atoms with van der Waals surface area (Å²) >= 11 is 0. The molecule has 1 unspecified atom stereocenters. The van der Waals surface area contributed by atoms with Crippen molar-refractivity contribution in [3.8, 4) is 17.2 Å². The Morgan fingerprint density at radius 1 is 1.02 bits per heavy atom. The van der Waals surface area contributed by atoms with E-state index in [0.29, 0.717) is 35.3 Å². The van der Waals surface area contributed by atoms with Gasteiger partial charge in [-0.3, -0.25) is 0 Å². The smallest absolute Gasteiger partial charge is 0.336 e. The summed E-state index contributed by atoms with van der Waals surface area (Å²) in [6.45, 7) is 4.81. The predicted molar refractivity (Wildman–Crippen MR) is 154 cm³/mol. The summed E-state index contributed by atoms with van der Waals surface area (Å²) in [5.74, 6) is -1.37. The molecular formula is C32H32F2N4O3. The van der Waals surface area contributed by atoms with E-state index in [9.17, 15) is 19.1 Å². The number of fused-ring (bicyclic) bond motifs is 2. The number of carboxylic acid groups (broad SMARTS) is 1. The van der Waals surface area contributed by atoms with E-state index in [4.69, 9.17) is 5.26 Å². The first-order chi connectivity index (χ1) is 19.6. The van der Waals surface area contributed by atoms with Crippen LogP contribution in [-0.2, 0) is 0 Å². The monoisotopic (exact) mass is 558 g/mol. The lowest BCUT2D eigenvalue weighted by Crippen LogP contribution is -2.42. The average Bonchev–Trinajstić information content (AvgIpc) is 3.57. The molecule has 2 aliphatic rings. The zero-order valence-corrected chi connectivity index (χ0v) is 23.0. The number of anilines is 3. The molecule has 3 N–H and O–H groups in total. The number of urea groups is 1. The van der Waals surface area contributed by atoms with Gasteiger partial charge in [0.25, 0.3) is 0 Å². The minimum absolute atomic E-state index is 0.118. The fraction of sp³-hybridized carbons (Fsp3) is 0.344. The number of carboxylic acids is 1. The summed E-state index contributed by atoms with van der Waals surface area (Å²) in [7, 11) is 0. The van der Waals surface area contributed by atoms with E-state index < -0.39 is 23.6 Å². The number of carbonyl (C=O) groups is 2. The molecule has 3 atom stereocenters. The van der Waals surface area contributed by atoms with Crippen molar-refractivity contribution in [1.82, 2.24) is 0 Å². The van der Waals surface area contributed by atoms with Gasteiger partial charge in [-0.1, -0.05) is 20.3 Å². The standard InChI is InChI=1S/C32H32F2N4O3/c1-18(2)17-38(29-12-20-3-6-21(29)11-20)30-15-27(34)26(25-13-22(33)7-10-24(25)31(39)40)14-28(30)37-32(41)36-23-8-4-19(16-35)5-9-23/h4-5,7-10,13-15,18,20-21,29H,3,6,11-12,17H2,1-2H3,(H,39,40)(H2,36,37,41)/t20-,21+,29?/m0/s1. The summed E-state index contributed by atoms with van der Waals surface area (Å²) in [6, 6.07) is 13.8. The van der Waals surface area contributed by atoms with Crippen molar-refractivity contribution in [2.75, 3.05) is 22.1 Å². The van der Waals surface area contributed by atoms with Gasteiger partial charge in [-0.15, -0.1) is 0 Å². The van der Waals surface area contributed by atoms with Gasteiger partial charge in [0.1, 0.15) is 11.6 Å². The number of carbonyl (C=O) groups excluding carboxylic acids is 1. The van der Waals surface area contributed by atoms with Crippen LogP contribution in [0.4, 0.5) is 30.6 Å². The van der Waals surface area contributed by atoms with E-state index in [1.807, 2.05) is 6.07 Å². The number of nitriles is 1. The van der Waals surface area contributed by atoms with Crippen molar-refractivity contribution >= 4 is 29.1 Å². The maximum atomic E-state index is 15.9. The number of nitrogens with one attached hydrogen (secondary N) is 2. The van der Waals surface area contributed by atoms with Gasteiger partial charge in [0.2, 0.25) is 0 Å². The molecule has 0 saturated heterocycles. The summed E-state index contributed by atoms with van der Waals surface area (Å²) in [6.07, 6.45) is 4.43. The molecule has 2 aliphatic carbocycles. The molecule has 7 nitrogen and oxygen atoms in total. The molecule has 2 fully saturated rings. The normalized spacial score (nSPS) is 19.2. The summed E-state index contributed by atoms with van der Waals surface area (Å²) < 4.78 is 30.2. The molecule has 41 heavy (non-hydrogen) atoms. The predicted octanol–water partition coefficient (Wildman–Crippen LogP) is 7.50. The number of halogens is 2. The molecule has 9 heteroatoms. The number of hydrogen-bond donors (Lipinski definition) is 3. The van der Waals surface area contributed by atoms with Crippen molar-refractivity contribution in [3.63, 3.8) is 0 Å². The van der Waals surface area contributed by atoms with E-state index in [0.717, 1.165) is 37.5 Å². The third kappa shape index (κ3) is 6.02. The summed E-state index contributed by atoms with van der Waals surface area (Å²) in [5, 5.41) is 24.3. The zero-order chi connectivity index (χ0) is 29.3. The van der Waals surface area contributed by atoms with Crippen molar-refractivity contribution in [1.29, 1.82) is 5.26 Å². The maximum absolute atomic E-state index is 15.9. The number of amides is 2. The fourth-order valence-electron chi connectivity index (χ4n) is 6.34. The van der Waals surface area contributed by atoms with Crippen LogP contribution >= 0.6 is 0 Å². The summed E-state index contributed by atoms with van der Waals surface area (Å²) in [4.78, 5) is 27.3. The Hall–Kier alpha value is -4.45. The minimum Gasteiger partial charge on any atom is -0.478 e. The molecular weight excluding hydrogens is 526 g/mol. The summed E-state index contributed by atoms with van der Waals surface area (Å²) in [5.41, 5.74) is 1.19. The van der Waals surface area contributed by atoms with Crippen LogP contribution in [0.25, 0.3) is 11.1 Å². The average molecular weight is 559 g/mol. The highest BCUT2D eigenvalue weighted by molar-refractivity contribution is 6.03. The number of aromatic carboxylic acids is 1. The molecule has 0 spiro atoms. The van der Waals surface area contributed by atoms with Crippen LogP contribution in [0.2, 0.25) is 0 Å². The highest BCUT2D eigenvalue weighted by Crippen LogP contribution is 2.49. The van der Waals surface area contributed by atoms with E-state index in [1.165, 1.54) is 18.6 Å². The van der Waals surface area contributed by atoms with Crippen LogP contribution in [-0.4, -0.2) is 29.7 Å². The van der Waals surface area contributed by atoms with Crippen molar-refractivity contribution < 1.29 is 23.5 Å². The number of rotatable bonds is 8. The lowest BCUT2D eigenvalue weighted by Gasteiger charge is -2.39. The maximum Gasteiger partial charge on any atom is 0.336 e. The quantitative estimate of drug-likeness (QED) is 0.266. The van der Waals surface area contributed by atoms with Crippen LogP contribution in [0.5, 0.6) is 0 Å². The Morgan fingerprint density at radius 3 is 2.39 bits per heavy atom. The molecule has 0 aliphatic heterocycles. The van der Waals surface area contributed by atoms with Crippen LogP contribution in [0, 0.1) is 40.7 Å². The second-order valence-electron chi connectivity index (χ2n) is 11.4. The van der Waals surface area contributed by atoms with Crippen LogP contribution in [0.15, 0.2) is 54.6 Å². The fourth-order valence-corrected chi connectivity index (χ4v) is 6.34. The minimum atomic E-state index is -1.32. The van der Waals surface area contributed by atoms with Crippen molar-refractivity contribution in [3.05, 3.63) is 77.4 Å². The molecule has 2 amide bonds. The van der Waals surface area contributed by atoms with Gasteiger partial charge in [-0.2, -0.15) is 5.26 Å². The third-order valence-electron chi connectivity index (χ3n) is 8.08. The van der Waals surface area contributed by atoms with E-state index in [2.05, 4.69) is 29.4 Å². The Labute approximate surface area is 237 Å². The number of benzene rings is 3. The third-order valence-corrected chi connectivity index (χ3v) is 8.08. The van der Waals surface area contributed by atoms with E-state index >= 15 is 4.39 Å². The number of hydrogen-bond acceptors (Lipinski definition) is 4. The molecule has 5 rings (SSSR count). The highest BCUT2D eigenvalue weighted by atomic mass is 19.1. The van der Waals surface area contributed by atoms with Crippen molar-refractivity contribution in [2.45, 2.75) is 45.6 Å². The van der Waals surface area contributed by atoms with E-state index in [-0.39, 0.29) is 34.3 Å². The first-order valence-electron chi connectivity index (χ1n) is 13.8. The van der Waals surface area contributed by atoms with Gasteiger partial charge in [-0.25, -0.2) is 18.4 Å². The lowest BCUT2D eigenvalue weighted by molar-refractivity contribution is 0.0697. The molecule has 2 bridgehead atoms. The largest absolute Gasteiger partial charge is 0.478 e. The molecule has 3 aromatic carbocycles. The number of nitrogens with zero attached hydrogens (tertiary/aromatic N) is 2. The molecule has 0 aromatic heterocycles. The van der Waals surface area contributed by atoms with Gasteiger partial charge < -0.3 is 20.6 Å². The van der Waals surface area contributed by atoms with Gasteiger partial charge in [0.05, 0.1) is 28.6 Å². The Morgan fingerprint density at radius 2 is 1.78 bits per heavy atom. The zero-order valence-electron chi connectivity index (χ0n) is 23.0. The van der Waals surface area contributed by atoms with Crippen LogP contribution in [0.3, 0.4) is 0 Å². The van der Waals surface area contributed by atoms with Crippen molar-refractivity contribution in [2.24, 2.45) is 17.8 Å². The highest BCUT2D eigenvalue weighted by Gasteiger charge is 2.43. The van der Waals surface area contributed by atoms with Gasteiger partial charge in [0.15, 0.2) is 0 Å². The SMILES string of the molecule is CC(C)CN(c1cc(F)c(-c2cc(F)ccc2C(=O)O)cc1NC(=O)Nc1ccc(C#N)cc1)C1C[C@H]2CC[C@@H]1C2. The van der Waals surface area contributed by atoms with Crippen LogP contribution < -0.4 is 15.5 Å². The molecule has 0 heterocycles. The Kier molecular flexibility index (Phi) is 7.93. The van der Waals surface area contributed by atoms with E-state index in [1.54, 1.807) is 24.3 Å². The lowest BCUT2D eigenvalue weighted by atomic mass is 9.92. The van der Waals surface area contributed by atoms with Gasteiger partial charge in [-0.05, 0) is 91.6 Å². The topological polar surface area (TPSA) is 105 Å². The van der Waals surface area contributed by atoms with Gasteiger partial charge in [0, 0.05) is 29.4 Å².